The number of halogens is 1. The first kappa shape index (κ1) is 13.3. The summed E-state index contributed by atoms with van der Waals surface area (Å²) < 4.78 is 5.05. The molecule has 1 unspecified atom stereocenters. The Bertz CT molecular complexity index is 331. The summed E-state index contributed by atoms with van der Waals surface area (Å²) >= 11 is 5.81. The Labute approximate surface area is 101 Å². The van der Waals surface area contributed by atoms with E-state index in [1.165, 1.54) is 0 Å². The molecule has 1 aromatic rings. The van der Waals surface area contributed by atoms with E-state index in [0.717, 1.165) is 25.3 Å². The van der Waals surface area contributed by atoms with Crippen molar-refractivity contribution in [1.82, 2.24) is 5.32 Å². The Kier molecular flexibility index (Phi) is 5.60. The Balaban J connectivity index is 2.34. The van der Waals surface area contributed by atoms with Gasteiger partial charge in [0.15, 0.2) is 0 Å². The minimum Gasteiger partial charge on any atom is -0.506 e. The van der Waals surface area contributed by atoms with Crippen molar-refractivity contribution in [2.75, 3.05) is 20.3 Å². The zero-order valence-corrected chi connectivity index (χ0v) is 10.4. The van der Waals surface area contributed by atoms with E-state index >= 15 is 0 Å². The molecule has 0 aliphatic heterocycles. The smallest absolute Gasteiger partial charge is 0.134 e. The molecule has 0 aromatic heterocycles. The van der Waals surface area contributed by atoms with E-state index in [0.29, 0.717) is 10.9 Å². The maximum absolute atomic E-state index is 9.26. The normalized spacial score (nSPS) is 12.7. The van der Waals surface area contributed by atoms with Crippen molar-refractivity contribution in [2.45, 2.75) is 13.5 Å². The van der Waals surface area contributed by atoms with E-state index in [1.807, 2.05) is 6.07 Å². The molecule has 0 heterocycles. The van der Waals surface area contributed by atoms with Gasteiger partial charge in [0.2, 0.25) is 0 Å². The van der Waals surface area contributed by atoms with Gasteiger partial charge in [0.1, 0.15) is 5.75 Å². The molecule has 0 aliphatic carbocycles. The molecule has 0 amide bonds. The average Bonchev–Trinajstić information content (AvgIpc) is 2.24. The third-order valence-corrected chi connectivity index (χ3v) is 2.59. The summed E-state index contributed by atoms with van der Waals surface area (Å²) in [6.45, 7) is 4.52. The largest absolute Gasteiger partial charge is 0.506 e. The van der Waals surface area contributed by atoms with E-state index < -0.39 is 0 Å². The summed E-state index contributed by atoms with van der Waals surface area (Å²) in [5, 5.41) is 13.0. The predicted octanol–water partition coefficient (Wildman–Crippen LogP) is 2.42. The number of hydrogen-bond donors (Lipinski definition) is 2. The molecule has 0 fully saturated rings. The van der Waals surface area contributed by atoms with Gasteiger partial charge in [-0.25, -0.2) is 0 Å². The minimum atomic E-state index is 0.123. The Morgan fingerprint density at radius 3 is 2.88 bits per heavy atom. The van der Waals surface area contributed by atoms with Crippen LogP contribution in [-0.2, 0) is 11.3 Å². The van der Waals surface area contributed by atoms with Crippen molar-refractivity contribution >= 4 is 11.6 Å². The van der Waals surface area contributed by atoms with E-state index in [2.05, 4.69) is 12.2 Å². The number of benzene rings is 1. The zero-order valence-electron chi connectivity index (χ0n) is 9.66. The molecule has 16 heavy (non-hydrogen) atoms. The lowest BCUT2D eigenvalue weighted by molar-refractivity contribution is 0.158. The average molecular weight is 244 g/mol. The zero-order chi connectivity index (χ0) is 12.0. The van der Waals surface area contributed by atoms with Gasteiger partial charge in [-0.15, -0.1) is 0 Å². The van der Waals surface area contributed by atoms with Crippen molar-refractivity contribution < 1.29 is 9.84 Å². The molecule has 3 nitrogen and oxygen atoms in total. The number of ether oxygens (including phenoxy) is 1. The van der Waals surface area contributed by atoms with Gasteiger partial charge in [-0.3, -0.25) is 0 Å². The minimum absolute atomic E-state index is 0.123. The molecule has 0 bridgehead atoms. The van der Waals surface area contributed by atoms with Crippen LogP contribution in [0.1, 0.15) is 12.5 Å². The maximum Gasteiger partial charge on any atom is 0.134 e. The first-order valence-corrected chi connectivity index (χ1v) is 5.68. The molecule has 0 spiro atoms. The Hall–Kier alpha value is -0.770. The van der Waals surface area contributed by atoms with Gasteiger partial charge in [0, 0.05) is 26.8 Å². The predicted molar refractivity (Wildman–Crippen MR) is 65.9 cm³/mol. The van der Waals surface area contributed by atoms with Crippen molar-refractivity contribution in [1.29, 1.82) is 0 Å². The molecule has 2 N–H and O–H groups in total. The van der Waals surface area contributed by atoms with Crippen LogP contribution in [0.25, 0.3) is 0 Å². The first-order chi connectivity index (χ1) is 7.63. The molecular formula is C12H18ClNO2. The molecule has 0 saturated heterocycles. The van der Waals surface area contributed by atoms with E-state index in [9.17, 15) is 5.11 Å². The molecule has 0 saturated carbocycles. The second-order valence-corrected chi connectivity index (χ2v) is 4.38. The number of methoxy groups -OCH3 is 1. The summed E-state index contributed by atoms with van der Waals surface area (Å²) in [7, 11) is 1.70. The van der Waals surface area contributed by atoms with Gasteiger partial charge in [0.05, 0.1) is 5.02 Å². The van der Waals surface area contributed by atoms with Crippen LogP contribution >= 0.6 is 11.6 Å². The van der Waals surface area contributed by atoms with Crippen molar-refractivity contribution in [2.24, 2.45) is 5.92 Å². The fraction of sp³-hybridized carbons (Fsp3) is 0.500. The third kappa shape index (κ3) is 4.39. The monoisotopic (exact) mass is 243 g/mol. The molecule has 1 rings (SSSR count). The highest BCUT2D eigenvalue weighted by Gasteiger charge is 2.02. The molecule has 1 aromatic carbocycles. The van der Waals surface area contributed by atoms with Crippen LogP contribution in [-0.4, -0.2) is 25.4 Å². The standard InChI is InChI=1S/C12H18ClNO2/c1-9(8-16-2)6-14-7-10-3-4-12(15)11(13)5-10/h3-5,9,14-15H,6-8H2,1-2H3. The van der Waals surface area contributed by atoms with Crippen molar-refractivity contribution in [3.8, 4) is 5.75 Å². The number of aromatic hydroxyl groups is 1. The second-order valence-electron chi connectivity index (χ2n) is 3.98. The molecule has 0 radical (unpaired) electrons. The van der Waals surface area contributed by atoms with Crippen LogP contribution < -0.4 is 5.32 Å². The lowest BCUT2D eigenvalue weighted by Gasteiger charge is -2.11. The Morgan fingerprint density at radius 1 is 1.50 bits per heavy atom. The number of phenolic OH excluding ortho intramolecular Hbond substituents is 1. The number of hydrogen-bond acceptors (Lipinski definition) is 3. The fourth-order valence-corrected chi connectivity index (χ4v) is 1.67. The van der Waals surface area contributed by atoms with Gasteiger partial charge < -0.3 is 15.2 Å². The van der Waals surface area contributed by atoms with Crippen LogP contribution in [0.3, 0.4) is 0 Å². The summed E-state index contributed by atoms with van der Waals surface area (Å²) in [4.78, 5) is 0. The first-order valence-electron chi connectivity index (χ1n) is 5.30. The molecule has 0 aliphatic rings. The molecule has 1 atom stereocenters. The van der Waals surface area contributed by atoms with Gasteiger partial charge in [0.25, 0.3) is 0 Å². The van der Waals surface area contributed by atoms with E-state index in [-0.39, 0.29) is 5.75 Å². The summed E-state index contributed by atoms with van der Waals surface area (Å²) in [5.41, 5.74) is 1.06. The third-order valence-electron chi connectivity index (χ3n) is 2.29. The van der Waals surface area contributed by atoms with Crippen LogP contribution in [0, 0.1) is 5.92 Å². The second kappa shape index (κ2) is 6.74. The molecule has 90 valence electrons. The van der Waals surface area contributed by atoms with Gasteiger partial charge >= 0.3 is 0 Å². The van der Waals surface area contributed by atoms with Gasteiger partial charge in [-0.2, -0.15) is 0 Å². The summed E-state index contributed by atoms with van der Waals surface area (Å²) in [5.74, 6) is 0.607. The van der Waals surface area contributed by atoms with E-state index in [4.69, 9.17) is 16.3 Å². The lowest BCUT2D eigenvalue weighted by atomic mass is 10.2. The van der Waals surface area contributed by atoms with Crippen LogP contribution in [0.4, 0.5) is 0 Å². The van der Waals surface area contributed by atoms with Crippen LogP contribution in [0.2, 0.25) is 5.02 Å². The SMILES string of the molecule is COCC(C)CNCc1ccc(O)c(Cl)c1. The van der Waals surface area contributed by atoms with Crippen LogP contribution in [0.15, 0.2) is 18.2 Å². The fourth-order valence-electron chi connectivity index (χ4n) is 1.47. The number of phenols is 1. The van der Waals surface area contributed by atoms with Crippen molar-refractivity contribution in [3.05, 3.63) is 28.8 Å². The lowest BCUT2D eigenvalue weighted by Crippen LogP contribution is -2.23. The van der Waals surface area contributed by atoms with Gasteiger partial charge in [-0.05, 0) is 23.6 Å². The van der Waals surface area contributed by atoms with Gasteiger partial charge in [-0.1, -0.05) is 24.6 Å². The highest BCUT2D eigenvalue weighted by Crippen LogP contribution is 2.23. The summed E-state index contributed by atoms with van der Waals surface area (Å²) in [6.07, 6.45) is 0. The van der Waals surface area contributed by atoms with Crippen LogP contribution in [0.5, 0.6) is 5.75 Å². The highest BCUT2D eigenvalue weighted by molar-refractivity contribution is 6.32. The maximum atomic E-state index is 9.26. The quantitative estimate of drug-likeness (QED) is 0.806. The highest BCUT2D eigenvalue weighted by atomic mass is 35.5. The molecule has 4 heteroatoms. The Morgan fingerprint density at radius 2 is 2.25 bits per heavy atom. The topological polar surface area (TPSA) is 41.5 Å². The van der Waals surface area contributed by atoms with Crippen molar-refractivity contribution in [3.63, 3.8) is 0 Å². The number of rotatable bonds is 6. The number of nitrogens with one attached hydrogen (secondary N) is 1. The molecular weight excluding hydrogens is 226 g/mol. The summed E-state index contributed by atoms with van der Waals surface area (Å²) in [6, 6.07) is 5.23. The van der Waals surface area contributed by atoms with E-state index in [1.54, 1.807) is 19.2 Å².